The molecule has 2 aromatic rings. The molecular weight excluding hydrogens is 196 g/mol. The van der Waals surface area contributed by atoms with E-state index in [1.165, 1.54) is 16.8 Å². The summed E-state index contributed by atoms with van der Waals surface area (Å²) in [6, 6.07) is 4.47. The molecule has 1 aromatic heterocycles. The Morgan fingerprint density at radius 1 is 1.53 bits per heavy atom. The van der Waals surface area contributed by atoms with Gasteiger partial charge in [-0.3, -0.25) is 4.68 Å². The lowest BCUT2D eigenvalue weighted by Gasteiger charge is -1.98. The van der Waals surface area contributed by atoms with Gasteiger partial charge in [-0.2, -0.15) is 5.10 Å². The average molecular weight is 206 g/mol. The Morgan fingerprint density at radius 2 is 2.27 bits per heavy atom. The molecule has 5 heteroatoms. The van der Waals surface area contributed by atoms with E-state index in [0.717, 1.165) is 0 Å². The van der Waals surface area contributed by atoms with Gasteiger partial charge in [0.2, 0.25) is 0 Å². The minimum absolute atomic E-state index is 0.0835. The second kappa shape index (κ2) is 3.27. The number of aromatic hydroxyl groups is 1. The summed E-state index contributed by atoms with van der Waals surface area (Å²) in [5.74, 6) is -0.926. The molecule has 0 atom stereocenters. The molecule has 0 unspecified atom stereocenters. The van der Waals surface area contributed by atoms with E-state index in [1.54, 1.807) is 6.07 Å². The summed E-state index contributed by atoms with van der Waals surface area (Å²) in [5, 5.41) is 22.9. The van der Waals surface area contributed by atoms with Crippen LogP contribution in [0.4, 0.5) is 0 Å². The number of fused-ring (bicyclic) bond motifs is 1. The monoisotopic (exact) mass is 206 g/mol. The number of rotatable bonds is 2. The van der Waals surface area contributed by atoms with Crippen molar-refractivity contribution in [1.29, 1.82) is 0 Å². The first kappa shape index (κ1) is 9.51. The topological polar surface area (TPSA) is 75.3 Å². The minimum atomic E-state index is -1.01. The van der Waals surface area contributed by atoms with Crippen LogP contribution in [0.25, 0.3) is 10.9 Å². The number of hydrogen-bond acceptors (Lipinski definition) is 3. The van der Waals surface area contributed by atoms with E-state index >= 15 is 0 Å². The van der Waals surface area contributed by atoms with Crippen LogP contribution in [0.1, 0.15) is 17.4 Å². The zero-order chi connectivity index (χ0) is 11.0. The number of hydrogen-bond donors (Lipinski definition) is 2. The number of phenolic OH excluding ortho intramolecular Hbond substituents is 1. The van der Waals surface area contributed by atoms with Crippen molar-refractivity contribution >= 4 is 16.9 Å². The Kier molecular flexibility index (Phi) is 2.07. The molecule has 0 bridgehead atoms. The van der Waals surface area contributed by atoms with Crippen LogP contribution in [0.2, 0.25) is 0 Å². The lowest BCUT2D eigenvalue weighted by Crippen LogP contribution is -2.08. The van der Waals surface area contributed by atoms with Crippen LogP contribution >= 0.6 is 0 Å². The van der Waals surface area contributed by atoms with Crippen LogP contribution in [0.5, 0.6) is 5.75 Å². The molecule has 0 aliphatic carbocycles. The quantitative estimate of drug-likeness (QED) is 0.779. The second-order valence-electron chi connectivity index (χ2n) is 3.17. The van der Waals surface area contributed by atoms with Crippen LogP contribution < -0.4 is 0 Å². The number of aromatic nitrogens is 2. The highest BCUT2D eigenvalue weighted by atomic mass is 16.4. The van der Waals surface area contributed by atoms with E-state index in [2.05, 4.69) is 5.10 Å². The van der Waals surface area contributed by atoms with Gasteiger partial charge >= 0.3 is 5.97 Å². The summed E-state index contributed by atoms with van der Waals surface area (Å²) in [5.41, 5.74) is 0.654. The first-order chi connectivity index (χ1) is 7.13. The summed E-state index contributed by atoms with van der Waals surface area (Å²) in [7, 11) is 0. The maximum atomic E-state index is 11.0. The Hall–Kier alpha value is -2.04. The average Bonchev–Trinajstić information content (AvgIpc) is 2.54. The van der Waals surface area contributed by atoms with E-state index in [0.29, 0.717) is 17.4 Å². The van der Waals surface area contributed by atoms with Crippen LogP contribution in [0.3, 0.4) is 0 Å². The molecule has 0 spiro atoms. The van der Waals surface area contributed by atoms with Gasteiger partial charge in [-0.1, -0.05) is 0 Å². The number of aryl methyl sites for hydroxylation is 1. The number of nitrogens with zero attached hydrogens (tertiary/aromatic N) is 2. The van der Waals surface area contributed by atoms with E-state index < -0.39 is 5.97 Å². The van der Waals surface area contributed by atoms with Crippen molar-refractivity contribution in [3.05, 3.63) is 23.9 Å². The van der Waals surface area contributed by atoms with Crippen molar-refractivity contribution in [2.75, 3.05) is 0 Å². The summed E-state index contributed by atoms with van der Waals surface area (Å²) < 4.78 is 1.41. The van der Waals surface area contributed by atoms with Gasteiger partial charge in [0.05, 0.1) is 5.52 Å². The predicted octanol–water partition coefficient (Wildman–Crippen LogP) is 1.46. The van der Waals surface area contributed by atoms with Crippen LogP contribution in [-0.2, 0) is 6.54 Å². The fourth-order valence-electron chi connectivity index (χ4n) is 1.58. The van der Waals surface area contributed by atoms with Gasteiger partial charge < -0.3 is 10.2 Å². The predicted molar refractivity (Wildman–Crippen MR) is 54.0 cm³/mol. The Morgan fingerprint density at radius 3 is 2.87 bits per heavy atom. The summed E-state index contributed by atoms with van der Waals surface area (Å²) in [4.78, 5) is 11.0. The SMILES string of the molecule is CCn1nc2cc(O)ccc2c1C(=O)O. The van der Waals surface area contributed by atoms with Gasteiger partial charge in [-0.05, 0) is 19.1 Å². The number of carboxylic acids is 1. The van der Waals surface area contributed by atoms with E-state index in [4.69, 9.17) is 5.11 Å². The molecule has 78 valence electrons. The lowest BCUT2D eigenvalue weighted by atomic mass is 10.2. The Bertz CT molecular complexity index is 531. The zero-order valence-electron chi connectivity index (χ0n) is 8.14. The highest BCUT2D eigenvalue weighted by Gasteiger charge is 2.16. The van der Waals surface area contributed by atoms with Crippen LogP contribution in [0, 0.1) is 0 Å². The molecule has 0 aliphatic heterocycles. The number of carbonyl (C=O) groups is 1. The molecule has 0 saturated heterocycles. The number of phenols is 1. The van der Waals surface area contributed by atoms with Gasteiger partial charge in [0.15, 0.2) is 5.69 Å². The normalized spacial score (nSPS) is 10.7. The molecule has 5 nitrogen and oxygen atoms in total. The Labute approximate surface area is 85.6 Å². The van der Waals surface area contributed by atoms with Crippen molar-refractivity contribution in [1.82, 2.24) is 9.78 Å². The van der Waals surface area contributed by atoms with Gasteiger partial charge in [0.25, 0.3) is 0 Å². The summed E-state index contributed by atoms with van der Waals surface area (Å²) in [6.07, 6.45) is 0. The highest BCUT2D eigenvalue weighted by molar-refractivity contribution is 6.01. The molecule has 2 rings (SSSR count). The third kappa shape index (κ3) is 1.41. The Balaban J connectivity index is 2.80. The number of benzene rings is 1. The third-order valence-corrected chi connectivity index (χ3v) is 2.23. The van der Waals surface area contributed by atoms with Gasteiger partial charge in [0, 0.05) is 18.0 Å². The van der Waals surface area contributed by atoms with Crippen molar-refractivity contribution in [3.63, 3.8) is 0 Å². The summed E-state index contributed by atoms with van der Waals surface area (Å²) >= 11 is 0. The standard InChI is InChI=1S/C10H10N2O3/c1-2-12-9(10(14)15)7-4-3-6(13)5-8(7)11-12/h3-5,13H,2H2,1H3,(H,14,15). The molecule has 15 heavy (non-hydrogen) atoms. The largest absolute Gasteiger partial charge is 0.508 e. The molecule has 0 saturated carbocycles. The van der Waals surface area contributed by atoms with Crippen molar-refractivity contribution in [2.24, 2.45) is 0 Å². The van der Waals surface area contributed by atoms with E-state index in [9.17, 15) is 9.90 Å². The minimum Gasteiger partial charge on any atom is -0.508 e. The van der Waals surface area contributed by atoms with Crippen molar-refractivity contribution in [3.8, 4) is 5.75 Å². The number of carboxylic acid groups (broad SMARTS) is 1. The first-order valence-corrected chi connectivity index (χ1v) is 4.56. The molecule has 0 radical (unpaired) electrons. The molecule has 0 aliphatic rings. The lowest BCUT2D eigenvalue weighted by molar-refractivity contribution is 0.0685. The summed E-state index contributed by atoms with van der Waals surface area (Å²) in [6.45, 7) is 2.30. The fourth-order valence-corrected chi connectivity index (χ4v) is 1.58. The van der Waals surface area contributed by atoms with Crippen LogP contribution in [-0.4, -0.2) is 26.0 Å². The van der Waals surface area contributed by atoms with Crippen molar-refractivity contribution in [2.45, 2.75) is 13.5 Å². The maximum Gasteiger partial charge on any atom is 0.354 e. The van der Waals surface area contributed by atoms with Crippen LogP contribution in [0.15, 0.2) is 18.2 Å². The molecule has 0 amide bonds. The van der Waals surface area contributed by atoms with Crippen molar-refractivity contribution < 1.29 is 15.0 Å². The van der Waals surface area contributed by atoms with Gasteiger partial charge in [-0.25, -0.2) is 4.79 Å². The molecular formula is C10H10N2O3. The maximum absolute atomic E-state index is 11.0. The fraction of sp³-hybridized carbons (Fsp3) is 0.200. The first-order valence-electron chi connectivity index (χ1n) is 4.56. The molecule has 2 N–H and O–H groups in total. The molecule has 1 aromatic carbocycles. The highest BCUT2D eigenvalue weighted by Crippen LogP contribution is 2.22. The second-order valence-corrected chi connectivity index (χ2v) is 3.17. The van der Waals surface area contributed by atoms with Gasteiger partial charge in [-0.15, -0.1) is 0 Å². The molecule has 0 fully saturated rings. The zero-order valence-corrected chi connectivity index (χ0v) is 8.14. The van der Waals surface area contributed by atoms with Gasteiger partial charge in [0.1, 0.15) is 5.75 Å². The smallest absolute Gasteiger partial charge is 0.354 e. The third-order valence-electron chi connectivity index (χ3n) is 2.23. The number of aromatic carboxylic acids is 1. The van der Waals surface area contributed by atoms with E-state index in [-0.39, 0.29) is 11.4 Å². The van der Waals surface area contributed by atoms with E-state index in [1.807, 2.05) is 6.92 Å². The molecule has 1 heterocycles.